The average Bonchev–Trinajstić information content (AvgIpc) is 2.63. The molecule has 156 valence electrons. The van der Waals surface area contributed by atoms with Crippen molar-refractivity contribution in [2.75, 3.05) is 5.32 Å². The summed E-state index contributed by atoms with van der Waals surface area (Å²) in [6.07, 6.45) is -4.83. The molecule has 0 spiro atoms. The van der Waals surface area contributed by atoms with Gasteiger partial charge in [-0.1, -0.05) is 0 Å². The third-order valence-corrected chi connectivity index (χ3v) is 4.00. The van der Waals surface area contributed by atoms with Gasteiger partial charge in [0, 0.05) is 5.69 Å². The molecule has 0 saturated carbocycles. The highest BCUT2D eigenvalue weighted by atomic mass is 19.4. The number of anilines is 1. The van der Waals surface area contributed by atoms with Gasteiger partial charge in [0.15, 0.2) is 0 Å². The first-order valence-electron chi connectivity index (χ1n) is 8.46. The van der Waals surface area contributed by atoms with Crippen LogP contribution in [0.25, 0.3) is 0 Å². The van der Waals surface area contributed by atoms with E-state index in [2.05, 4.69) is 5.32 Å². The predicted octanol–water partition coefficient (Wildman–Crippen LogP) is 6.48. The Morgan fingerprint density at radius 2 is 1.50 bits per heavy atom. The fourth-order valence-electron chi connectivity index (χ4n) is 2.66. The summed E-state index contributed by atoms with van der Waals surface area (Å²) in [5.74, 6) is -4.79. The van der Waals surface area contributed by atoms with Gasteiger partial charge in [-0.2, -0.15) is 13.2 Å². The van der Waals surface area contributed by atoms with E-state index in [9.17, 15) is 31.1 Å². The van der Waals surface area contributed by atoms with Crippen LogP contribution < -0.4 is 10.1 Å². The van der Waals surface area contributed by atoms with E-state index in [-0.39, 0.29) is 11.4 Å². The van der Waals surface area contributed by atoms with Gasteiger partial charge in [0.05, 0.1) is 0 Å². The zero-order chi connectivity index (χ0) is 22.1. The molecule has 0 radical (unpaired) electrons. The molecule has 3 nitrogen and oxygen atoms in total. The van der Waals surface area contributed by atoms with Crippen LogP contribution in [0.4, 0.5) is 32.0 Å². The van der Waals surface area contributed by atoms with E-state index in [1.807, 2.05) is 0 Å². The minimum absolute atomic E-state index is 0.0298. The van der Waals surface area contributed by atoms with Crippen molar-refractivity contribution in [3.8, 4) is 11.5 Å². The van der Waals surface area contributed by atoms with Crippen molar-refractivity contribution in [3.05, 3.63) is 88.7 Å². The van der Waals surface area contributed by atoms with Gasteiger partial charge in [0.2, 0.25) is 0 Å². The zero-order valence-corrected chi connectivity index (χ0v) is 15.3. The number of carbonyl (C=O) groups is 1. The summed E-state index contributed by atoms with van der Waals surface area (Å²) in [7, 11) is 0. The lowest BCUT2D eigenvalue weighted by atomic mass is 10.1. The third kappa shape index (κ3) is 4.73. The SMILES string of the molecule is Cc1cc(F)c(C(=O)Nc2ccc(Oc3ccc(F)cc3C(F)(F)F)cc2)c(F)c1. The van der Waals surface area contributed by atoms with E-state index >= 15 is 0 Å². The molecule has 0 aliphatic carbocycles. The smallest absolute Gasteiger partial charge is 0.420 e. The van der Waals surface area contributed by atoms with Crippen LogP contribution in [-0.4, -0.2) is 5.91 Å². The summed E-state index contributed by atoms with van der Waals surface area (Å²) in [5.41, 5.74) is -1.61. The number of carbonyl (C=O) groups excluding carboxylic acids is 1. The summed E-state index contributed by atoms with van der Waals surface area (Å²) >= 11 is 0. The van der Waals surface area contributed by atoms with Crippen LogP contribution in [0.2, 0.25) is 0 Å². The van der Waals surface area contributed by atoms with Gasteiger partial charge < -0.3 is 10.1 Å². The molecule has 1 amide bonds. The van der Waals surface area contributed by atoms with Crippen molar-refractivity contribution in [2.24, 2.45) is 0 Å². The van der Waals surface area contributed by atoms with Crippen molar-refractivity contribution >= 4 is 11.6 Å². The maximum atomic E-state index is 13.9. The third-order valence-electron chi connectivity index (χ3n) is 4.00. The monoisotopic (exact) mass is 425 g/mol. The number of hydrogen-bond acceptors (Lipinski definition) is 2. The van der Waals surface area contributed by atoms with E-state index in [1.54, 1.807) is 0 Å². The highest BCUT2D eigenvalue weighted by molar-refractivity contribution is 6.04. The number of amides is 1. The average molecular weight is 425 g/mol. The van der Waals surface area contributed by atoms with E-state index in [0.29, 0.717) is 11.6 Å². The number of alkyl halides is 3. The minimum atomic E-state index is -4.83. The maximum Gasteiger partial charge on any atom is 0.420 e. The first-order chi connectivity index (χ1) is 14.0. The van der Waals surface area contributed by atoms with Gasteiger partial charge in [0.1, 0.15) is 40.1 Å². The summed E-state index contributed by atoms with van der Waals surface area (Å²) in [4.78, 5) is 12.1. The molecule has 3 aromatic rings. The predicted molar refractivity (Wildman–Crippen MR) is 97.0 cm³/mol. The van der Waals surface area contributed by atoms with Gasteiger partial charge in [-0.15, -0.1) is 0 Å². The van der Waals surface area contributed by atoms with E-state index in [1.165, 1.54) is 31.2 Å². The van der Waals surface area contributed by atoms with Crippen LogP contribution in [0.3, 0.4) is 0 Å². The lowest BCUT2D eigenvalue weighted by Gasteiger charge is -2.14. The van der Waals surface area contributed by atoms with E-state index < -0.39 is 46.4 Å². The second-order valence-corrected chi connectivity index (χ2v) is 6.32. The van der Waals surface area contributed by atoms with Crippen LogP contribution >= 0.6 is 0 Å². The molecule has 9 heteroatoms. The Morgan fingerprint density at radius 1 is 0.900 bits per heavy atom. The Kier molecular flexibility index (Phi) is 5.73. The summed E-state index contributed by atoms with van der Waals surface area (Å²) in [6, 6.07) is 9.02. The molecule has 0 aliphatic rings. The summed E-state index contributed by atoms with van der Waals surface area (Å²) < 4.78 is 85.2. The summed E-state index contributed by atoms with van der Waals surface area (Å²) in [5, 5.41) is 2.29. The van der Waals surface area contributed by atoms with Crippen molar-refractivity contribution in [2.45, 2.75) is 13.1 Å². The highest BCUT2D eigenvalue weighted by Crippen LogP contribution is 2.38. The van der Waals surface area contributed by atoms with Gasteiger partial charge in [-0.25, -0.2) is 13.2 Å². The first kappa shape index (κ1) is 21.2. The van der Waals surface area contributed by atoms with Crippen LogP contribution in [0.5, 0.6) is 11.5 Å². The maximum absolute atomic E-state index is 13.9. The van der Waals surface area contributed by atoms with Crippen LogP contribution in [0.15, 0.2) is 54.6 Å². The fraction of sp³-hybridized carbons (Fsp3) is 0.0952. The number of ether oxygens (including phenoxy) is 1. The second-order valence-electron chi connectivity index (χ2n) is 6.32. The van der Waals surface area contributed by atoms with Crippen LogP contribution in [0.1, 0.15) is 21.5 Å². The molecule has 0 aromatic heterocycles. The molecule has 0 bridgehead atoms. The molecular weight excluding hydrogens is 412 g/mol. The van der Waals surface area contributed by atoms with E-state index in [0.717, 1.165) is 24.3 Å². The normalized spacial score (nSPS) is 11.3. The Labute approximate surface area is 166 Å². The van der Waals surface area contributed by atoms with Gasteiger partial charge in [-0.05, 0) is 67.1 Å². The summed E-state index contributed by atoms with van der Waals surface area (Å²) in [6.45, 7) is 1.47. The zero-order valence-electron chi connectivity index (χ0n) is 15.3. The fourth-order valence-corrected chi connectivity index (χ4v) is 2.66. The Hall–Kier alpha value is -3.49. The van der Waals surface area contributed by atoms with Crippen LogP contribution in [0, 0.1) is 24.4 Å². The topological polar surface area (TPSA) is 38.3 Å². The molecule has 30 heavy (non-hydrogen) atoms. The van der Waals surface area contributed by atoms with Gasteiger partial charge >= 0.3 is 6.18 Å². The number of halogens is 6. The molecule has 0 fully saturated rings. The number of benzene rings is 3. The largest absolute Gasteiger partial charge is 0.457 e. The molecule has 0 heterocycles. The van der Waals surface area contributed by atoms with Gasteiger partial charge in [-0.3, -0.25) is 4.79 Å². The van der Waals surface area contributed by atoms with Crippen molar-refractivity contribution < 1.29 is 35.9 Å². The molecule has 3 rings (SSSR count). The number of nitrogens with one attached hydrogen (secondary N) is 1. The lowest BCUT2D eigenvalue weighted by molar-refractivity contribution is -0.138. The molecular formula is C21H13F6NO2. The lowest BCUT2D eigenvalue weighted by Crippen LogP contribution is -2.16. The quantitative estimate of drug-likeness (QED) is 0.486. The Bertz CT molecular complexity index is 1070. The minimum Gasteiger partial charge on any atom is -0.457 e. The van der Waals surface area contributed by atoms with Crippen molar-refractivity contribution in [1.82, 2.24) is 0 Å². The molecule has 0 atom stereocenters. The molecule has 1 N–H and O–H groups in total. The van der Waals surface area contributed by atoms with E-state index in [4.69, 9.17) is 4.74 Å². The Balaban J connectivity index is 1.78. The second kappa shape index (κ2) is 8.10. The molecule has 0 unspecified atom stereocenters. The molecule has 0 saturated heterocycles. The molecule has 3 aromatic carbocycles. The molecule has 0 aliphatic heterocycles. The number of aryl methyl sites for hydroxylation is 1. The number of rotatable bonds is 4. The highest BCUT2D eigenvalue weighted by Gasteiger charge is 2.35. The van der Waals surface area contributed by atoms with Gasteiger partial charge in [0.25, 0.3) is 5.91 Å². The van der Waals surface area contributed by atoms with Crippen molar-refractivity contribution in [3.63, 3.8) is 0 Å². The van der Waals surface area contributed by atoms with Crippen LogP contribution in [-0.2, 0) is 6.18 Å². The standard InChI is InChI=1S/C21H13F6NO2/c1-11-8-16(23)19(17(24)9-11)20(29)28-13-3-5-14(6-4-13)30-18-7-2-12(22)10-15(18)21(25,26)27/h2-10H,1H3,(H,28,29). The number of hydrogen-bond donors (Lipinski definition) is 1. The first-order valence-corrected chi connectivity index (χ1v) is 8.46. The Morgan fingerprint density at radius 3 is 2.07 bits per heavy atom. The van der Waals surface area contributed by atoms with Crippen molar-refractivity contribution in [1.29, 1.82) is 0 Å².